The number of carbonyl (C=O) groups is 1. The lowest BCUT2D eigenvalue weighted by atomic mass is 10.2. The van der Waals surface area contributed by atoms with Gasteiger partial charge in [0, 0.05) is 10.4 Å². The third-order valence-corrected chi connectivity index (χ3v) is 5.28. The van der Waals surface area contributed by atoms with Crippen molar-refractivity contribution in [3.63, 3.8) is 0 Å². The molecule has 1 aromatic carbocycles. The van der Waals surface area contributed by atoms with Crippen molar-refractivity contribution in [3.8, 4) is 17.2 Å². The van der Waals surface area contributed by atoms with Crippen LogP contribution in [0.4, 0.5) is 8.78 Å². The number of hydrogen-bond acceptors (Lipinski definition) is 6. The summed E-state index contributed by atoms with van der Waals surface area (Å²) in [6.07, 6.45) is 4.53. The molecule has 1 aliphatic rings. The summed E-state index contributed by atoms with van der Waals surface area (Å²) < 4.78 is 39.7. The van der Waals surface area contributed by atoms with Gasteiger partial charge in [-0.15, -0.1) is 11.3 Å². The summed E-state index contributed by atoms with van der Waals surface area (Å²) in [5.41, 5.74) is 4.19. The Bertz CT molecular complexity index is 821. The summed E-state index contributed by atoms with van der Waals surface area (Å²) in [4.78, 5) is 14.1. The van der Waals surface area contributed by atoms with Crippen molar-refractivity contribution in [2.24, 2.45) is 5.10 Å². The average Bonchev–Trinajstić information content (AvgIpc) is 3.24. The molecule has 0 atom stereocenters. The monoisotopic (exact) mass is 396 g/mol. The minimum absolute atomic E-state index is 0.0668. The van der Waals surface area contributed by atoms with Crippen molar-refractivity contribution in [1.82, 2.24) is 5.43 Å². The first-order chi connectivity index (χ1) is 13.0. The first-order valence-corrected chi connectivity index (χ1v) is 8.99. The molecule has 1 amide bonds. The first kappa shape index (κ1) is 19.1. The number of nitrogens with zero attached hydrogens (tertiary/aromatic N) is 1. The molecular weight excluding hydrogens is 378 g/mol. The molecule has 144 valence electrons. The Labute approximate surface area is 158 Å². The second-order valence-electron chi connectivity index (χ2n) is 5.74. The molecule has 1 aromatic heterocycles. The van der Waals surface area contributed by atoms with Crippen LogP contribution in [-0.2, 0) is 12.8 Å². The highest BCUT2D eigenvalue weighted by Crippen LogP contribution is 2.39. The number of ether oxygens (including phenoxy) is 3. The lowest BCUT2D eigenvalue weighted by molar-refractivity contribution is -0.0526. The number of benzene rings is 1. The zero-order valence-electron chi connectivity index (χ0n) is 14.8. The van der Waals surface area contributed by atoms with Crippen molar-refractivity contribution in [2.45, 2.75) is 25.9 Å². The lowest BCUT2D eigenvalue weighted by Gasteiger charge is -2.14. The number of aryl methyl sites for hydroxylation is 2. The van der Waals surface area contributed by atoms with E-state index in [0.717, 1.165) is 19.3 Å². The van der Waals surface area contributed by atoms with Crippen LogP contribution >= 0.6 is 11.3 Å². The van der Waals surface area contributed by atoms with Gasteiger partial charge in [-0.25, -0.2) is 5.43 Å². The van der Waals surface area contributed by atoms with Crippen LogP contribution in [0.3, 0.4) is 0 Å². The van der Waals surface area contributed by atoms with Crippen molar-refractivity contribution in [2.75, 3.05) is 14.2 Å². The molecule has 0 fully saturated rings. The summed E-state index contributed by atoms with van der Waals surface area (Å²) in [6.45, 7) is -3.01. The highest BCUT2D eigenvalue weighted by molar-refractivity contribution is 7.14. The van der Waals surface area contributed by atoms with Gasteiger partial charge in [-0.3, -0.25) is 4.79 Å². The normalized spacial score (nSPS) is 13.1. The molecule has 0 spiro atoms. The molecule has 0 saturated heterocycles. The number of fused-ring (bicyclic) bond motifs is 1. The number of methoxy groups -OCH3 is 2. The Hall–Kier alpha value is -2.68. The first-order valence-electron chi connectivity index (χ1n) is 8.17. The van der Waals surface area contributed by atoms with Gasteiger partial charge in [0.1, 0.15) is 0 Å². The molecule has 3 rings (SSSR count). The Morgan fingerprint density at radius 1 is 1.22 bits per heavy atom. The van der Waals surface area contributed by atoms with Gasteiger partial charge in [-0.2, -0.15) is 13.9 Å². The van der Waals surface area contributed by atoms with Crippen LogP contribution in [0.2, 0.25) is 0 Å². The van der Waals surface area contributed by atoms with Gasteiger partial charge in [0.05, 0.1) is 25.3 Å². The van der Waals surface area contributed by atoms with E-state index in [1.165, 1.54) is 54.3 Å². The summed E-state index contributed by atoms with van der Waals surface area (Å²) in [5.74, 6) is -0.360. The maximum atomic E-state index is 12.6. The van der Waals surface area contributed by atoms with E-state index in [9.17, 15) is 13.6 Å². The number of carbonyl (C=O) groups excluding carboxylic acids is 1. The Morgan fingerprint density at radius 3 is 2.52 bits per heavy atom. The third-order valence-electron chi connectivity index (χ3n) is 4.04. The van der Waals surface area contributed by atoms with Crippen LogP contribution in [0, 0.1) is 0 Å². The lowest BCUT2D eigenvalue weighted by Crippen LogP contribution is -2.16. The predicted octanol–water partition coefficient (Wildman–Crippen LogP) is 3.62. The molecular formula is C18H18F2N2O4S. The number of hydrazone groups is 1. The van der Waals surface area contributed by atoms with Gasteiger partial charge in [0.15, 0.2) is 11.5 Å². The van der Waals surface area contributed by atoms with Crippen LogP contribution < -0.4 is 19.6 Å². The van der Waals surface area contributed by atoms with E-state index < -0.39 is 6.61 Å². The molecule has 1 N–H and O–H groups in total. The van der Waals surface area contributed by atoms with E-state index >= 15 is 0 Å². The number of hydrogen-bond donors (Lipinski definition) is 1. The van der Waals surface area contributed by atoms with E-state index in [1.54, 1.807) is 0 Å². The minimum Gasteiger partial charge on any atom is -0.493 e. The highest BCUT2D eigenvalue weighted by Gasteiger charge is 2.19. The van der Waals surface area contributed by atoms with E-state index in [2.05, 4.69) is 15.3 Å². The summed E-state index contributed by atoms with van der Waals surface area (Å²) in [7, 11) is 2.65. The predicted molar refractivity (Wildman–Crippen MR) is 97.6 cm³/mol. The Balaban J connectivity index is 1.73. The molecule has 0 bridgehead atoms. The van der Waals surface area contributed by atoms with Crippen LogP contribution in [0.5, 0.6) is 17.2 Å². The van der Waals surface area contributed by atoms with Crippen LogP contribution in [0.1, 0.15) is 32.1 Å². The fourth-order valence-corrected chi connectivity index (χ4v) is 3.98. The molecule has 0 saturated carbocycles. The van der Waals surface area contributed by atoms with E-state index in [4.69, 9.17) is 9.47 Å². The number of thiophene rings is 1. The molecule has 1 aliphatic carbocycles. The molecule has 6 nitrogen and oxygen atoms in total. The zero-order chi connectivity index (χ0) is 19.4. The van der Waals surface area contributed by atoms with Gasteiger partial charge in [0.2, 0.25) is 5.75 Å². The van der Waals surface area contributed by atoms with Crippen molar-refractivity contribution in [1.29, 1.82) is 0 Å². The molecule has 0 aliphatic heterocycles. The quantitative estimate of drug-likeness (QED) is 0.573. The van der Waals surface area contributed by atoms with Crippen molar-refractivity contribution in [3.05, 3.63) is 39.1 Å². The van der Waals surface area contributed by atoms with Crippen molar-refractivity contribution >= 4 is 23.5 Å². The fourth-order valence-electron chi connectivity index (χ4n) is 2.84. The highest BCUT2D eigenvalue weighted by atomic mass is 32.1. The van der Waals surface area contributed by atoms with Gasteiger partial charge < -0.3 is 14.2 Å². The third kappa shape index (κ3) is 4.36. The smallest absolute Gasteiger partial charge is 0.387 e. The largest absolute Gasteiger partial charge is 0.493 e. The molecule has 9 heteroatoms. The molecule has 27 heavy (non-hydrogen) atoms. The second kappa shape index (κ2) is 8.34. The summed E-state index contributed by atoms with van der Waals surface area (Å²) in [5, 5.41) is 3.92. The Morgan fingerprint density at radius 2 is 1.93 bits per heavy atom. The van der Waals surface area contributed by atoms with Crippen LogP contribution in [0.15, 0.2) is 23.3 Å². The SMILES string of the molecule is COc1cc(/C=N\NC(=O)c2cc3c(s2)CCC3)cc(OC)c1OC(F)F. The maximum Gasteiger partial charge on any atom is 0.387 e. The Kier molecular flexibility index (Phi) is 5.90. The molecule has 0 unspecified atom stereocenters. The number of alkyl halides is 2. The maximum absolute atomic E-state index is 12.6. The standard InChI is InChI=1S/C18H18F2N2O4S/c1-24-12-6-10(7-13(25-2)16(12)26-18(19)20)9-21-22-17(23)15-8-11-4-3-5-14(11)27-15/h6-9,18H,3-5H2,1-2H3,(H,22,23)/b21-9-. The zero-order valence-corrected chi connectivity index (χ0v) is 15.6. The average molecular weight is 396 g/mol. The van der Waals surface area contributed by atoms with Gasteiger partial charge in [-0.05, 0) is 43.0 Å². The minimum atomic E-state index is -3.01. The van der Waals surface area contributed by atoms with Crippen LogP contribution in [0.25, 0.3) is 0 Å². The number of nitrogens with one attached hydrogen (secondary N) is 1. The number of halogens is 2. The molecule has 0 radical (unpaired) electrons. The summed E-state index contributed by atoms with van der Waals surface area (Å²) in [6, 6.07) is 4.81. The van der Waals surface area contributed by atoms with Crippen LogP contribution in [-0.4, -0.2) is 33.0 Å². The van der Waals surface area contributed by atoms with Gasteiger partial charge in [-0.1, -0.05) is 0 Å². The van der Waals surface area contributed by atoms with E-state index in [1.807, 2.05) is 6.07 Å². The van der Waals surface area contributed by atoms with E-state index in [-0.39, 0.29) is 23.2 Å². The second-order valence-corrected chi connectivity index (χ2v) is 6.88. The van der Waals surface area contributed by atoms with Gasteiger partial charge in [0.25, 0.3) is 5.91 Å². The summed E-state index contributed by atoms with van der Waals surface area (Å²) >= 11 is 1.48. The van der Waals surface area contributed by atoms with Gasteiger partial charge >= 0.3 is 6.61 Å². The molecule has 1 heterocycles. The number of amides is 1. The number of rotatable bonds is 7. The van der Waals surface area contributed by atoms with E-state index in [0.29, 0.717) is 10.4 Å². The topological polar surface area (TPSA) is 69.2 Å². The molecule has 2 aromatic rings. The van der Waals surface area contributed by atoms with Crippen molar-refractivity contribution < 1.29 is 27.8 Å². The fraction of sp³-hybridized carbons (Fsp3) is 0.333.